The zero-order valence-electron chi connectivity index (χ0n) is 19.2. The van der Waals surface area contributed by atoms with Crippen molar-refractivity contribution < 1.29 is 27.8 Å². The van der Waals surface area contributed by atoms with E-state index in [0.717, 1.165) is 34.7 Å². The molecule has 0 amide bonds. The van der Waals surface area contributed by atoms with Crippen molar-refractivity contribution in [1.29, 1.82) is 0 Å². The van der Waals surface area contributed by atoms with Crippen LogP contribution in [-0.2, 0) is 10.2 Å². The van der Waals surface area contributed by atoms with Crippen molar-refractivity contribution in [2.75, 3.05) is 6.61 Å². The molecule has 4 rings (SSSR count). The molecule has 6 heteroatoms. The van der Waals surface area contributed by atoms with Gasteiger partial charge in [-0.15, -0.1) is 0 Å². The van der Waals surface area contributed by atoms with Crippen LogP contribution < -0.4 is 0 Å². The molecule has 1 saturated carbocycles. The first-order valence-corrected chi connectivity index (χ1v) is 11.8. The van der Waals surface area contributed by atoms with Gasteiger partial charge in [0.1, 0.15) is 5.75 Å². The number of hydrogen-bond acceptors (Lipinski definition) is 3. The van der Waals surface area contributed by atoms with Crippen LogP contribution >= 0.6 is 0 Å². The number of unbranched alkanes of at least 4 members (excludes halogenated alkanes) is 1. The molecule has 0 atom stereocenters. The summed E-state index contributed by atoms with van der Waals surface area (Å²) in [6.07, 6.45) is -1.64. The van der Waals surface area contributed by atoms with Crippen molar-refractivity contribution in [2.24, 2.45) is 5.92 Å². The number of carbonyl (C=O) groups excluding carboxylic acids is 1. The highest BCUT2D eigenvalue weighted by atomic mass is 19.4. The van der Waals surface area contributed by atoms with E-state index in [9.17, 15) is 23.1 Å². The maximum absolute atomic E-state index is 13.4. The fourth-order valence-electron chi connectivity index (χ4n) is 5.03. The van der Waals surface area contributed by atoms with Crippen molar-refractivity contribution >= 4 is 16.7 Å². The van der Waals surface area contributed by atoms with Gasteiger partial charge in [0.25, 0.3) is 0 Å². The largest absolute Gasteiger partial charge is 0.508 e. The van der Waals surface area contributed by atoms with Crippen LogP contribution in [0.3, 0.4) is 0 Å². The molecule has 1 aliphatic rings. The van der Waals surface area contributed by atoms with Crippen molar-refractivity contribution in [3.05, 3.63) is 77.4 Å². The van der Waals surface area contributed by atoms with Crippen LogP contribution in [0.2, 0.25) is 0 Å². The first kappa shape index (κ1) is 24.1. The topological polar surface area (TPSA) is 46.5 Å². The summed E-state index contributed by atoms with van der Waals surface area (Å²) < 4.78 is 45.6. The van der Waals surface area contributed by atoms with Gasteiger partial charge in [-0.25, -0.2) is 4.79 Å². The van der Waals surface area contributed by atoms with Crippen molar-refractivity contribution in [1.82, 2.24) is 0 Å². The van der Waals surface area contributed by atoms with E-state index in [2.05, 4.69) is 0 Å². The van der Waals surface area contributed by atoms with Gasteiger partial charge in [0.15, 0.2) is 0 Å². The molecule has 180 valence electrons. The Kier molecular flexibility index (Phi) is 6.87. The molecule has 1 aliphatic carbocycles. The second-order valence-corrected chi connectivity index (χ2v) is 9.21. The van der Waals surface area contributed by atoms with Crippen LogP contribution in [0.4, 0.5) is 13.2 Å². The second kappa shape index (κ2) is 9.69. The third-order valence-electron chi connectivity index (χ3n) is 7.08. The number of aromatic hydroxyl groups is 1. The Morgan fingerprint density at radius 2 is 1.59 bits per heavy atom. The Bertz CT molecular complexity index is 1140. The Hall–Kier alpha value is -3.02. The van der Waals surface area contributed by atoms with Crippen LogP contribution in [-0.4, -0.2) is 23.9 Å². The highest BCUT2D eigenvalue weighted by Crippen LogP contribution is 2.50. The number of halogens is 3. The first-order chi connectivity index (χ1) is 16.2. The predicted octanol–water partition coefficient (Wildman–Crippen LogP) is 7.54. The van der Waals surface area contributed by atoms with E-state index in [4.69, 9.17) is 4.74 Å². The highest BCUT2D eigenvalue weighted by Gasteiger charge is 2.47. The summed E-state index contributed by atoms with van der Waals surface area (Å²) in [5, 5.41) is 11.6. The van der Waals surface area contributed by atoms with E-state index in [-0.39, 0.29) is 24.6 Å². The molecular weight excluding hydrogens is 441 g/mol. The molecule has 0 radical (unpaired) electrons. The Labute approximate surface area is 197 Å². The Balaban J connectivity index is 1.69. The molecule has 0 aromatic heterocycles. The van der Waals surface area contributed by atoms with E-state index in [0.29, 0.717) is 25.0 Å². The maximum atomic E-state index is 13.4. The van der Waals surface area contributed by atoms with Crippen LogP contribution in [0, 0.1) is 5.92 Å². The quantitative estimate of drug-likeness (QED) is 0.299. The number of esters is 1. The fourth-order valence-corrected chi connectivity index (χ4v) is 5.03. The third kappa shape index (κ3) is 4.91. The van der Waals surface area contributed by atoms with Gasteiger partial charge in [-0.05, 0) is 78.3 Å². The molecule has 34 heavy (non-hydrogen) atoms. The van der Waals surface area contributed by atoms with Gasteiger partial charge in [0.05, 0.1) is 18.1 Å². The van der Waals surface area contributed by atoms with Crippen LogP contribution in [0.5, 0.6) is 5.75 Å². The number of benzene rings is 3. The second-order valence-electron chi connectivity index (χ2n) is 9.21. The van der Waals surface area contributed by atoms with Gasteiger partial charge >= 0.3 is 12.1 Å². The zero-order valence-corrected chi connectivity index (χ0v) is 19.2. The smallest absolute Gasteiger partial charge is 0.391 e. The SMILES string of the molecule is CCCCOC(=O)c1ccc(C2(c3ccc4cc(O)ccc4c3)CCC(C(F)(F)F)CC2)cc1. The number of rotatable bonds is 6. The van der Waals surface area contributed by atoms with Gasteiger partial charge in [0.2, 0.25) is 0 Å². The summed E-state index contributed by atoms with van der Waals surface area (Å²) in [5.74, 6) is -1.52. The van der Waals surface area contributed by atoms with Gasteiger partial charge in [-0.1, -0.05) is 49.7 Å². The van der Waals surface area contributed by atoms with E-state index < -0.39 is 17.5 Å². The number of alkyl halides is 3. The van der Waals surface area contributed by atoms with Gasteiger partial charge in [-0.2, -0.15) is 13.2 Å². The molecule has 0 unspecified atom stereocenters. The number of phenolic OH excluding ortho intramolecular Hbond substituents is 1. The molecule has 0 heterocycles. The van der Waals surface area contributed by atoms with Crippen LogP contribution in [0.1, 0.15) is 66.9 Å². The fraction of sp³-hybridized carbons (Fsp3) is 0.393. The van der Waals surface area contributed by atoms with E-state index >= 15 is 0 Å². The zero-order chi connectivity index (χ0) is 24.3. The normalized spacial score (nSPS) is 20.9. The highest BCUT2D eigenvalue weighted by molar-refractivity contribution is 5.89. The molecule has 1 fully saturated rings. The number of phenols is 1. The number of carbonyl (C=O) groups is 1. The molecule has 0 spiro atoms. The predicted molar refractivity (Wildman–Crippen MR) is 126 cm³/mol. The number of fused-ring (bicyclic) bond motifs is 1. The van der Waals surface area contributed by atoms with Gasteiger partial charge in [-0.3, -0.25) is 0 Å². The summed E-state index contributed by atoms with van der Waals surface area (Å²) in [7, 11) is 0. The lowest BCUT2D eigenvalue weighted by atomic mass is 9.62. The first-order valence-electron chi connectivity index (χ1n) is 11.8. The molecule has 0 bridgehead atoms. The summed E-state index contributed by atoms with van der Waals surface area (Å²) in [6.45, 7) is 2.39. The lowest BCUT2D eigenvalue weighted by molar-refractivity contribution is -0.184. The summed E-state index contributed by atoms with van der Waals surface area (Å²) in [6, 6.07) is 18.1. The number of hydrogen-bond donors (Lipinski definition) is 1. The van der Waals surface area contributed by atoms with E-state index in [1.807, 2.05) is 43.3 Å². The lowest BCUT2D eigenvalue weighted by Crippen LogP contribution is -2.37. The molecule has 0 aliphatic heterocycles. The molecule has 3 nitrogen and oxygen atoms in total. The van der Waals surface area contributed by atoms with Crippen molar-refractivity contribution in [2.45, 2.75) is 57.0 Å². The Morgan fingerprint density at radius 1 is 0.971 bits per heavy atom. The average molecular weight is 471 g/mol. The molecule has 3 aromatic rings. The Morgan fingerprint density at radius 3 is 2.24 bits per heavy atom. The van der Waals surface area contributed by atoms with E-state index in [1.165, 1.54) is 0 Å². The van der Waals surface area contributed by atoms with Gasteiger partial charge in [0, 0.05) is 5.41 Å². The third-order valence-corrected chi connectivity index (χ3v) is 7.08. The minimum atomic E-state index is -4.20. The number of ether oxygens (including phenoxy) is 1. The standard InChI is InChI=1S/C28H29F3O3/c1-2-3-16-34-26(33)19-4-8-22(9-5-19)27(14-12-23(13-15-27)28(29,30)31)24-10-6-21-18-25(32)11-7-20(21)17-24/h4-11,17-18,23,32H,2-3,12-16H2,1H3. The molecule has 1 N–H and O–H groups in total. The van der Waals surface area contributed by atoms with Crippen molar-refractivity contribution in [3.8, 4) is 5.75 Å². The van der Waals surface area contributed by atoms with Crippen LogP contribution in [0.25, 0.3) is 10.8 Å². The van der Waals surface area contributed by atoms with Gasteiger partial charge < -0.3 is 9.84 Å². The maximum Gasteiger partial charge on any atom is 0.391 e. The van der Waals surface area contributed by atoms with Crippen LogP contribution in [0.15, 0.2) is 60.7 Å². The summed E-state index contributed by atoms with van der Waals surface area (Å²) >= 11 is 0. The summed E-state index contributed by atoms with van der Waals surface area (Å²) in [4.78, 5) is 12.3. The average Bonchev–Trinajstić information content (AvgIpc) is 2.83. The lowest BCUT2D eigenvalue weighted by Gasteiger charge is -2.42. The molecular formula is C28H29F3O3. The minimum Gasteiger partial charge on any atom is -0.508 e. The molecule has 3 aromatic carbocycles. The monoisotopic (exact) mass is 470 g/mol. The van der Waals surface area contributed by atoms with E-state index in [1.54, 1.807) is 24.3 Å². The molecule has 0 saturated heterocycles. The summed E-state index contributed by atoms with van der Waals surface area (Å²) in [5.41, 5.74) is 1.70. The van der Waals surface area contributed by atoms with Crippen molar-refractivity contribution in [3.63, 3.8) is 0 Å². The minimum absolute atomic E-state index is 0.0535.